The van der Waals surface area contributed by atoms with Crippen LogP contribution in [-0.4, -0.2) is 19.6 Å². The minimum atomic E-state index is 0.635. The highest BCUT2D eigenvalue weighted by atomic mass is 35.5. The van der Waals surface area contributed by atoms with Gasteiger partial charge in [0.05, 0.1) is 13.7 Å². The molecule has 0 aliphatic carbocycles. The van der Waals surface area contributed by atoms with Gasteiger partial charge in [0.15, 0.2) is 0 Å². The molecular formula is C10H13ClO2. The first kappa shape index (κ1) is 10.2. The number of hydrogen-bond donors (Lipinski definition) is 0. The van der Waals surface area contributed by atoms with Gasteiger partial charge in [0, 0.05) is 5.88 Å². The quantitative estimate of drug-likeness (QED) is 0.538. The van der Waals surface area contributed by atoms with Crippen molar-refractivity contribution in [3.05, 3.63) is 24.3 Å². The molecule has 3 heteroatoms. The molecule has 1 aromatic rings. The van der Waals surface area contributed by atoms with Gasteiger partial charge in [0.2, 0.25) is 0 Å². The maximum absolute atomic E-state index is 5.52. The van der Waals surface area contributed by atoms with Gasteiger partial charge in [0.25, 0.3) is 0 Å². The summed E-state index contributed by atoms with van der Waals surface area (Å²) < 4.78 is 10.4. The number of rotatable bonds is 5. The summed E-state index contributed by atoms with van der Waals surface area (Å²) in [7, 11) is 1.64. The number of halogens is 1. The smallest absolute Gasteiger partial charge is 0.119 e. The molecule has 0 N–H and O–H groups in total. The van der Waals surface area contributed by atoms with Gasteiger partial charge in [0.1, 0.15) is 11.5 Å². The molecule has 0 unspecified atom stereocenters. The van der Waals surface area contributed by atoms with Crippen molar-refractivity contribution in [2.45, 2.75) is 6.42 Å². The Bertz CT molecular complexity index is 233. The van der Waals surface area contributed by atoms with Crippen molar-refractivity contribution < 1.29 is 9.47 Å². The zero-order chi connectivity index (χ0) is 9.52. The molecule has 13 heavy (non-hydrogen) atoms. The molecule has 1 rings (SSSR count). The fourth-order valence-electron chi connectivity index (χ4n) is 0.917. The molecule has 72 valence electrons. The van der Waals surface area contributed by atoms with Crippen molar-refractivity contribution in [3.63, 3.8) is 0 Å². The van der Waals surface area contributed by atoms with Gasteiger partial charge in [-0.15, -0.1) is 11.6 Å². The molecule has 0 amide bonds. The second kappa shape index (κ2) is 5.70. The summed E-state index contributed by atoms with van der Waals surface area (Å²) >= 11 is 5.52. The Labute approximate surface area is 83.4 Å². The second-order valence-corrected chi connectivity index (χ2v) is 2.94. The van der Waals surface area contributed by atoms with Crippen LogP contribution in [0.5, 0.6) is 11.5 Å². The zero-order valence-corrected chi connectivity index (χ0v) is 8.38. The first-order valence-electron chi connectivity index (χ1n) is 4.19. The fraction of sp³-hybridized carbons (Fsp3) is 0.400. The number of hydrogen-bond acceptors (Lipinski definition) is 2. The largest absolute Gasteiger partial charge is 0.497 e. The zero-order valence-electron chi connectivity index (χ0n) is 7.63. The SMILES string of the molecule is COc1ccc(OCCCCl)cc1. The van der Waals surface area contributed by atoms with Crippen molar-refractivity contribution in [1.82, 2.24) is 0 Å². The molecule has 0 radical (unpaired) electrons. The van der Waals surface area contributed by atoms with E-state index in [0.29, 0.717) is 12.5 Å². The van der Waals surface area contributed by atoms with Gasteiger partial charge in [-0.1, -0.05) is 0 Å². The van der Waals surface area contributed by atoms with Crippen LogP contribution in [0.4, 0.5) is 0 Å². The first-order valence-corrected chi connectivity index (χ1v) is 4.73. The van der Waals surface area contributed by atoms with E-state index in [-0.39, 0.29) is 0 Å². The van der Waals surface area contributed by atoms with E-state index in [4.69, 9.17) is 21.1 Å². The summed E-state index contributed by atoms with van der Waals surface area (Å²) in [5, 5.41) is 0. The third kappa shape index (κ3) is 3.55. The van der Waals surface area contributed by atoms with E-state index in [1.54, 1.807) is 7.11 Å². The lowest BCUT2D eigenvalue weighted by Crippen LogP contribution is -1.97. The summed E-state index contributed by atoms with van der Waals surface area (Å²) in [5.41, 5.74) is 0. The van der Waals surface area contributed by atoms with Crippen molar-refractivity contribution in [1.29, 1.82) is 0 Å². The van der Waals surface area contributed by atoms with Crippen LogP contribution in [0.3, 0.4) is 0 Å². The maximum atomic E-state index is 5.52. The van der Waals surface area contributed by atoms with Crippen LogP contribution in [0.15, 0.2) is 24.3 Å². The van der Waals surface area contributed by atoms with Crippen molar-refractivity contribution in [2.24, 2.45) is 0 Å². The third-order valence-corrected chi connectivity index (χ3v) is 1.87. The number of methoxy groups -OCH3 is 1. The third-order valence-electron chi connectivity index (χ3n) is 1.61. The van der Waals surface area contributed by atoms with Gasteiger partial charge in [-0.25, -0.2) is 0 Å². The predicted molar refractivity (Wildman–Crippen MR) is 53.8 cm³/mol. The Morgan fingerprint density at radius 3 is 2.31 bits per heavy atom. The summed E-state index contributed by atoms with van der Waals surface area (Å²) in [6.07, 6.45) is 0.869. The molecule has 0 aliphatic rings. The van der Waals surface area contributed by atoms with E-state index >= 15 is 0 Å². The summed E-state index contributed by atoms with van der Waals surface area (Å²) in [5.74, 6) is 2.33. The lowest BCUT2D eigenvalue weighted by Gasteiger charge is -2.05. The van der Waals surface area contributed by atoms with Crippen LogP contribution in [-0.2, 0) is 0 Å². The van der Waals surface area contributed by atoms with Crippen LogP contribution in [0, 0.1) is 0 Å². The summed E-state index contributed by atoms with van der Waals surface area (Å²) in [6.45, 7) is 0.663. The van der Waals surface area contributed by atoms with E-state index in [9.17, 15) is 0 Å². The van der Waals surface area contributed by atoms with Crippen molar-refractivity contribution >= 4 is 11.6 Å². The molecule has 0 atom stereocenters. The van der Waals surface area contributed by atoms with Crippen LogP contribution < -0.4 is 9.47 Å². The van der Waals surface area contributed by atoms with Gasteiger partial charge in [-0.05, 0) is 30.7 Å². The first-order chi connectivity index (χ1) is 6.36. The molecular weight excluding hydrogens is 188 g/mol. The van der Waals surface area contributed by atoms with Gasteiger partial charge < -0.3 is 9.47 Å². The van der Waals surface area contributed by atoms with Crippen molar-refractivity contribution in [3.8, 4) is 11.5 Å². The molecule has 1 aromatic carbocycles. The Morgan fingerprint density at radius 2 is 1.77 bits per heavy atom. The fourth-order valence-corrected chi connectivity index (χ4v) is 1.03. The minimum Gasteiger partial charge on any atom is -0.497 e. The van der Waals surface area contributed by atoms with Gasteiger partial charge >= 0.3 is 0 Å². The Balaban J connectivity index is 2.40. The van der Waals surface area contributed by atoms with Gasteiger partial charge in [-0.2, -0.15) is 0 Å². The Hall–Kier alpha value is -0.890. The van der Waals surface area contributed by atoms with E-state index < -0.39 is 0 Å². The topological polar surface area (TPSA) is 18.5 Å². The molecule has 0 aliphatic heterocycles. The van der Waals surface area contributed by atoms with E-state index in [1.807, 2.05) is 24.3 Å². The monoisotopic (exact) mass is 200 g/mol. The molecule has 0 saturated heterocycles. The Kier molecular flexibility index (Phi) is 4.47. The molecule has 0 aromatic heterocycles. The highest BCUT2D eigenvalue weighted by Gasteiger charge is 1.93. The molecule has 0 spiro atoms. The van der Waals surface area contributed by atoms with Crippen molar-refractivity contribution in [2.75, 3.05) is 19.6 Å². The average molecular weight is 201 g/mol. The Morgan fingerprint density at radius 1 is 1.15 bits per heavy atom. The van der Waals surface area contributed by atoms with E-state index in [1.165, 1.54) is 0 Å². The van der Waals surface area contributed by atoms with Crippen LogP contribution in [0.25, 0.3) is 0 Å². The lowest BCUT2D eigenvalue weighted by molar-refractivity contribution is 0.317. The average Bonchev–Trinajstić information content (AvgIpc) is 2.19. The lowest BCUT2D eigenvalue weighted by atomic mass is 10.3. The van der Waals surface area contributed by atoms with Gasteiger partial charge in [-0.3, -0.25) is 0 Å². The predicted octanol–water partition coefficient (Wildman–Crippen LogP) is 2.70. The second-order valence-electron chi connectivity index (χ2n) is 2.57. The van der Waals surface area contributed by atoms with Crippen LogP contribution in [0.1, 0.15) is 6.42 Å². The molecule has 2 nitrogen and oxygen atoms in total. The summed E-state index contributed by atoms with van der Waals surface area (Å²) in [4.78, 5) is 0. The number of benzene rings is 1. The molecule has 0 fully saturated rings. The number of alkyl halides is 1. The van der Waals surface area contributed by atoms with E-state index in [0.717, 1.165) is 17.9 Å². The minimum absolute atomic E-state index is 0.635. The summed E-state index contributed by atoms with van der Waals surface area (Å²) in [6, 6.07) is 7.51. The maximum Gasteiger partial charge on any atom is 0.119 e. The van der Waals surface area contributed by atoms with Crippen LogP contribution in [0.2, 0.25) is 0 Å². The normalized spacial score (nSPS) is 9.69. The standard InChI is InChI=1S/C10H13ClO2/c1-12-9-3-5-10(6-4-9)13-8-2-7-11/h3-6H,2,7-8H2,1H3. The number of ether oxygens (including phenoxy) is 2. The van der Waals surface area contributed by atoms with Crippen LogP contribution >= 0.6 is 11.6 Å². The molecule has 0 bridgehead atoms. The highest BCUT2D eigenvalue weighted by Crippen LogP contribution is 2.16. The molecule has 0 saturated carbocycles. The highest BCUT2D eigenvalue weighted by molar-refractivity contribution is 6.17. The molecule has 0 heterocycles. The van der Waals surface area contributed by atoms with E-state index in [2.05, 4.69) is 0 Å².